The Labute approximate surface area is 23.0 Å². The number of nitrogens with zero attached hydrogens (tertiary/aromatic N) is 2. The van der Waals surface area contributed by atoms with Crippen LogP contribution < -0.4 is 0 Å². The van der Waals surface area contributed by atoms with Crippen molar-refractivity contribution in [2.45, 2.75) is 0 Å². The van der Waals surface area contributed by atoms with Crippen LogP contribution in [0.15, 0.2) is 0 Å². The van der Waals surface area contributed by atoms with Crippen LogP contribution in [0.25, 0.3) is 5.53 Å². The standard InChI is InChI=1S/CHN3/c2-1-4-3/h2H. The number of hydrogen-bond donors (Lipinski definition) is 1. The first-order chi connectivity index (χ1) is 1.91. The first-order valence-electron chi connectivity index (χ1n) is 0.674. The van der Waals surface area contributed by atoms with Gasteiger partial charge in [0.05, 0.1) is 0 Å². The summed E-state index contributed by atoms with van der Waals surface area (Å²) in [6, 6.07) is 1.36. The van der Waals surface area contributed by atoms with Crippen molar-refractivity contribution in [1.29, 1.82) is 5.41 Å². The highest BCUT2D eigenvalue weighted by atomic mass is 14.8. The summed E-state index contributed by atoms with van der Waals surface area (Å²) < 4.78 is 0. The molecular formula is CHN3. The molecule has 0 aromatic carbocycles. The fourth-order valence-electron chi connectivity index (χ4n) is 0. The van der Waals surface area contributed by atoms with Gasteiger partial charge in [0.2, 0.25) is 0 Å². The van der Waals surface area contributed by atoms with Crippen LogP contribution in [0.3, 0.4) is 0 Å². The fraction of sp³-hybridized carbons (Fsp3) is 0. The molecule has 0 aliphatic rings. The topological polar surface area (TPSA) is 60.3 Å². The molecule has 0 saturated heterocycles. The van der Waals surface area contributed by atoms with E-state index in [0.29, 0.717) is 0 Å². The van der Waals surface area contributed by atoms with Gasteiger partial charge in [-0.25, -0.2) is 0 Å². The van der Waals surface area contributed by atoms with Crippen molar-refractivity contribution in [2.75, 3.05) is 0 Å². The van der Waals surface area contributed by atoms with Gasteiger partial charge in [-0.15, -0.1) is 0 Å². The minimum atomic E-state index is 1.36. The second-order valence-electron chi connectivity index (χ2n) is 0.212. The summed E-state index contributed by atoms with van der Waals surface area (Å²) in [7, 11) is 0. The van der Waals surface area contributed by atoms with E-state index >= 15 is 0 Å². The molecule has 0 heterocycles. The van der Waals surface area contributed by atoms with Crippen molar-refractivity contribution in [2.24, 2.45) is 0 Å². The lowest BCUT2D eigenvalue weighted by Crippen LogP contribution is -1.34. The third-order valence-electron chi connectivity index (χ3n) is 0.0500. The summed E-state index contributed by atoms with van der Waals surface area (Å²) >= 11 is 0. The van der Waals surface area contributed by atoms with Gasteiger partial charge in [-0.05, 0) is 5.41 Å². The predicted octanol–water partition coefficient (Wildman–Crippen LogP) is -0.0311. The second kappa shape index (κ2) is 2.09. The van der Waals surface area contributed by atoms with Gasteiger partial charge in [-0.1, -0.05) is 0 Å². The predicted molar refractivity (Wildman–Crippen MR) is 11.3 cm³/mol. The monoisotopic (exact) mass is 55.0 g/mol. The van der Waals surface area contributed by atoms with Crippen LogP contribution >= 0.6 is 0 Å². The molecule has 0 aliphatic carbocycles. The summed E-state index contributed by atoms with van der Waals surface area (Å²) in [5, 5.41) is 5.78. The first kappa shape index (κ1) is 3.09. The molecule has 0 spiro atoms. The zero-order valence-corrected chi connectivity index (χ0v) is 1.89. The number of hydrogen-bond acceptors (Lipinski definition) is 1. The lowest BCUT2D eigenvalue weighted by molar-refractivity contribution is 0.00544. The summed E-state index contributed by atoms with van der Waals surface area (Å²) in [5.41, 5.74) is 7.20. The van der Waals surface area contributed by atoms with Gasteiger partial charge in [0.1, 0.15) is 0 Å². The molecule has 0 radical (unpaired) electrons. The molecule has 0 rings (SSSR count). The van der Waals surface area contributed by atoms with E-state index < -0.39 is 0 Å². The molecule has 0 aliphatic heterocycles. The van der Waals surface area contributed by atoms with Crippen molar-refractivity contribution in [3.63, 3.8) is 0 Å². The SMILES string of the molecule is [N-]=[N+]=C=N. The molecule has 3 heteroatoms. The summed E-state index contributed by atoms with van der Waals surface area (Å²) in [4.78, 5) is 2.15. The lowest BCUT2D eigenvalue weighted by Gasteiger charge is -1.28. The average Bonchev–Trinajstić information content (AvgIpc) is 1.37. The second-order valence-corrected chi connectivity index (χ2v) is 0.212. The van der Waals surface area contributed by atoms with Gasteiger partial charge in [0.15, 0.2) is 0 Å². The molecule has 0 bridgehead atoms. The van der Waals surface area contributed by atoms with Crippen LogP contribution in [0.4, 0.5) is 0 Å². The minimum absolute atomic E-state index is 1.36. The zero-order valence-electron chi connectivity index (χ0n) is 1.89. The van der Waals surface area contributed by atoms with Crippen LogP contribution in [0.1, 0.15) is 0 Å². The smallest absolute Gasteiger partial charge is 0.405 e. The van der Waals surface area contributed by atoms with Crippen LogP contribution in [0, 0.1) is 5.41 Å². The van der Waals surface area contributed by atoms with Crippen LogP contribution in [-0.4, -0.2) is 10.8 Å². The molecule has 0 aromatic heterocycles. The Morgan fingerprint density at radius 3 is 2.25 bits per heavy atom. The molecular weight excluding hydrogens is 54.0 g/mol. The fourth-order valence-corrected chi connectivity index (χ4v) is 0. The van der Waals surface area contributed by atoms with Gasteiger partial charge in [0.25, 0.3) is 0 Å². The molecule has 3 nitrogen and oxygen atoms in total. The first-order valence-corrected chi connectivity index (χ1v) is 0.674. The number of nitrogens with one attached hydrogen (secondary N) is 1. The van der Waals surface area contributed by atoms with Crippen LogP contribution in [0.5, 0.6) is 0 Å². The summed E-state index contributed by atoms with van der Waals surface area (Å²) in [6.45, 7) is 0. The number of rotatable bonds is 0. The summed E-state index contributed by atoms with van der Waals surface area (Å²) in [5.74, 6) is 0. The van der Waals surface area contributed by atoms with Crippen molar-refractivity contribution in [3.8, 4) is 0 Å². The molecule has 0 amide bonds. The Morgan fingerprint density at radius 1 is 2.00 bits per heavy atom. The van der Waals surface area contributed by atoms with Gasteiger partial charge in [-0.3, -0.25) is 4.79 Å². The van der Waals surface area contributed by atoms with E-state index in [9.17, 15) is 0 Å². The third kappa shape index (κ3) is 1.09. The highest BCUT2D eigenvalue weighted by Gasteiger charge is 1.22. The Kier molecular flexibility index (Phi) is 1.61. The van der Waals surface area contributed by atoms with E-state index in [1.54, 1.807) is 0 Å². The summed E-state index contributed by atoms with van der Waals surface area (Å²) in [6.07, 6.45) is 0. The van der Waals surface area contributed by atoms with E-state index in [1.165, 1.54) is 6.01 Å². The van der Waals surface area contributed by atoms with Crippen LogP contribution in [-0.2, 0) is 0 Å². The van der Waals surface area contributed by atoms with Crippen LogP contribution in [0.2, 0.25) is 0 Å². The maximum Gasteiger partial charge on any atom is 0.405 e. The van der Waals surface area contributed by atoms with E-state index in [-0.39, 0.29) is 0 Å². The van der Waals surface area contributed by atoms with Gasteiger partial charge in [0, 0.05) is 0 Å². The average molecular weight is 55.0 g/mol. The van der Waals surface area contributed by atoms with Crippen molar-refractivity contribution in [3.05, 3.63) is 5.53 Å². The van der Waals surface area contributed by atoms with E-state index in [0.717, 1.165) is 0 Å². The highest BCUT2D eigenvalue weighted by Crippen LogP contribution is 1.01. The zero-order chi connectivity index (χ0) is 3.41. The third-order valence-corrected chi connectivity index (χ3v) is 0.0500. The van der Waals surface area contributed by atoms with Gasteiger partial charge in [-0.2, -0.15) is 0 Å². The molecule has 0 saturated carbocycles. The quantitative estimate of drug-likeness (QED) is 0.230. The highest BCUT2D eigenvalue weighted by molar-refractivity contribution is 5.26. The molecule has 0 aromatic rings. The maximum atomic E-state index is 7.20. The minimum Gasteiger partial charge on any atom is -0.486 e. The Bertz CT molecular complexity index is 53.4. The Balaban J connectivity index is 3.95. The molecule has 0 fully saturated rings. The molecule has 0 unspecified atom stereocenters. The largest absolute Gasteiger partial charge is 0.486 e. The maximum absolute atomic E-state index is 7.20. The molecule has 4 heavy (non-hydrogen) atoms. The normalized spacial score (nSPS) is 3.00. The Hall–Kier alpha value is -0.910. The van der Waals surface area contributed by atoms with E-state index in [2.05, 4.69) is 4.79 Å². The lowest BCUT2D eigenvalue weighted by atomic mass is 11.6. The molecule has 0 atom stereocenters. The van der Waals surface area contributed by atoms with E-state index in [4.69, 9.17) is 10.9 Å². The van der Waals surface area contributed by atoms with Gasteiger partial charge >= 0.3 is 6.01 Å². The molecule has 1 N–H and O–H groups in total. The Morgan fingerprint density at radius 2 is 2.25 bits per heavy atom. The van der Waals surface area contributed by atoms with Gasteiger partial charge < -0.3 is 5.53 Å². The van der Waals surface area contributed by atoms with Crippen molar-refractivity contribution in [1.82, 2.24) is 0 Å². The molecule has 20 valence electrons. The van der Waals surface area contributed by atoms with Crippen molar-refractivity contribution >= 4 is 6.01 Å². The van der Waals surface area contributed by atoms with E-state index in [1.807, 2.05) is 0 Å². The van der Waals surface area contributed by atoms with Crippen molar-refractivity contribution < 1.29 is 4.79 Å².